The SMILES string of the molecule is CCCC(/C=C/Oc1cc(CC(C)C)c(OCc2ccccc2)c(CO[Si](C)(C)C(C)(C)C)c1I)C(O)C[C@@H](O[Si](C)(C)C(C)(C)C)[C@@]1(C(=O)OCC)O[C@@H]1CC. The van der Waals surface area contributed by atoms with E-state index in [2.05, 4.69) is 129 Å². The molecule has 1 N–H and O–H groups in total. The fourth-order valence-electron chi connectivity index (χ4n) is 6.54. The molecule has 0 radical (unpaired) electrons. The molecule has 2 aromatic carbocycles. The number of hydrogen-bond acceptors (Lipinski definition) is 8. The Morgan fingerprint density at radius 3 is 2.14 bits per heavy atom. The smallest absolute Gasteiger partial charge is 0.343 e. The number of rotatable bonds is 22. The Hall–Kier alpha value is -1.75. The number of ether oxygens (including phenoxy) is 4. The van der Waals surface area contributed by atoms with Gasteiger partial charge in [0.05, 0.1) is 35.3 Å². The Labute approximate surface area is 361 Å². The number of aliphatic hydroxyl groups is 1. The summed E-state index contributed by atoms with van der Waals surface area (Å²) in [5.74, 6) is 1.32. The third-order valence-corrected chi connectivity index (χ3v) is 22.3. The summed E-state index contributed by atoms with van der Waals surface area (Å²) in [5.41, 5.74) is 1.95. The maximum Gasteiger partial charge on any atom is 0.343 e. The zero-order valence-electron chi connectivity index (χ0n) is 37.8. The largest absolute Gasteiger partial charge is 0.488 e. The zero-order valence-corrected chi connectivity index (χ0v) is 42.0. The van der Waals surface area contributed by atoms with E-state index >= 15 is 0 Å². The van der Waals surface area contributed by atoms with Crippen LogP contribution in [0.25, 0.3) is 0 Å². The molecule has 8 nitrogen and oxygen atoms in total. The van der Waals surface area contributed by atoms with Crippen molar-refractivity contribution in [1.82, 2.24) is 0 Å². The molecule has 2 unspecified atom stereocenters. The number of esters is 1. The average molecular weight is 939 g/mol. The van der Waals surface area contributed by atoms with Gasteiger partial charge in [0, 0.05) is 17.9 Å². The first-order valence-electron chi connectivity index (χ1n) is 21.1. The maximum absolute atomic E-state index is 13.6. The zero-order chi connectivity index (χ0) is 43.0. The lowest BCUT2D eigenvalue weighted by Gasteiger charge is -2.41. The van der Waals surface area contributed by atoms with Crippen LogP contribution in [0.1, 0.15) is 119 Å². The van der Waals surface area contributed by atoms with Crippen LogP contribution in [-0.2, 0) is 42.8 Å². The van der Waals surface area contributed by atoms with Crippen molar-refractivity contribution in [2.75, 3.05) is 6.61 Å². The molecule has 5 atom stereocenters. The average Bonchev–Trinajstić information content (AvgIpc) is 3.86. The quantitative estimate of drug-likeness (QED) is 0.0410. The molecule has 1 fully saturated rings. The molecular formula is C46H75IO8Si2. The van der Waals surface area contributed by atoms with Crippen molar-refractivity contribution in [1.29, 1.82) is 0 Å². The minimum atomic E-state index is -2.39. The van der Waals surface area contributed by atoms with Gasteiger partial charge in [-0.15, -0.1) is 0 Å². The number of halogens is 1. The summed E-state index contributed by atoms with van der Waals surface area (Å²) in [6.45, 7) is 33.6. The van der Waals surface area contributed by atoms with Crippen molar-refractivity contribution in [3.05, 3.63) is 69.0 Å². The molecule has 0 saturated carbocycles. The van der Waals surface area contributed by atoms with Gasteiger partial charge in [-0.25, -0.2) is 4.79 Å². The number of carbonyl (C=O) groups is 1. The fraction of sp³-hybridized carbons (Fsp3) is 0.674. The minimum Gasteiger partial charge on any atom is -0.488 e. The van der Waals surface area contributed by atoms with Gasteiger partial charge < -0.3 is 32.9 Å². The van der Waals surface area contributed by atoms with Gasteiger partial charge in [-0.05, 0) is 114 Å². The van der Waals surface area contributed by atoms with Crippen LogP contribution in [0.4, 0.5) is 0 Å². The predicted molar refractivity (Wildman–Crippen MR) is 246 cm³/mol. The Kier molecular flexibility index (Phi) is 18.0. The van der Waals surface area contributed by atoms with Crippen molar-refractivity contribution < 1.29 is 37.7 Å². The summed E-state index contributed by atoms with van der Waals surface area (Å²) >= 11 is 2.38. The first kappa shape index (κ1) is 49.6. The van der Waals surface area contributed by atoms with Crippen LogP contribution in [0.15, 0.2) is 48.7 Å². The number of hydrogen-bond donors (Lipinski definition) is 1. The van der Waals surface area contributed by atoms with E-state index in [1.165, 1.54) is 0 Å². The van der Waals surface area contributed by atoms with Gasteiger partial charge in [0.15, 0.2) is 16.6 Å². The third-order valence-electron chi connectivity index (χ3n) is 12.1. The fourth-order valence-corrected chi connectivity index (χ4v) is 9.50. The van der Waals surface area contributed by atoms with E-state index in [9.17, 15) is 9.90 Å². The van der Waals surface area contributed by atoms with Gasteiger partial charge >= 0.3 is 5.97 Å². The first-order valence-corrected chi connectivity index (χ1v) is 28.0. The second kappa shape index (κ2) is 20.7. The number of epoxide rings is 1. The summed E-state index contributed by atoms with van der Waals surface area (Å²) in [6.07, 6.45) is 5.16. The summed E-state index contributed by atoms with van der Waals surface area (Å²) in [4.78, 5) is 13.6. The van der Waals surface area contributed by atoms with Crippen LogP contribution in [-0.4, -0.2) is 58.2 Å². The van der Waals surface area contributed by atoms with E-state index in [-0.39, 0.29) is 35.1 Å². The van der Waals surface area contributed by atoms with Crippen LogP contribution >= 0.6 is 22.6 Å². The molecule has 57 heavy (non-hydrogen) atoms. The Balaban J connectivity index is 2.02. The molecule has 0 spiro atoms. The number of benzene rings is 2. The van der Waals surface area contributed by atoms with Crippen LogP contribution in [0.3, 0.4) is 0 Å². The van der Waals surface area contributed by atoms with E-state index in [0.717, 1.165) is 51.0 Å². The number of aliphatic hydroxyl groups excluding tert-OH is 1. The van der Waals surface area contributed by atoms with Gasteiger partial charge in [0.2, 0.25) is 5.60 Å². The molecule has 11 heteroatoms. The van der Waals surface area contributed by atoms with Gasteiger partial charge in [0.25, 0.3) is 0 Å². The summed E-state index contributed by atoms with van der Waals surface area (Å²) in [6, 6.07) is 12.4. The van der Waals surface area contributed by atoms with E-state index in [0.29, 0.717) is 25.6 Å². The molecule has 1 saturated heterocycles. The molecule has 1 aliphatic rings. The highest BCUT2D eigenvalue weighted by Gasteiger charge is 2.69. The summed E-state index contributed by atoms with van der Waals surface area (Å²) < 4.78 is 39.8. The molecule has 3 rings (SSSR count). The normalized spacial score (nSPS) is 19.4. The highest BCUT2D eigenvalue weighted by Crippen LogP contribution is 2.49. The molecule has 1 aliphatic heterocycles. The molecular weight excluding hydrogens is 864 g/mol. The van der Waals surface area contributed by atoms with Crippen LogP contribution < -0.4 is 9.47 Å². The monoisotopic (exact) mass is 938 g/mol. The lowest BCUT2D eigenvalue weighted by Crippen LogP contribution is -2.53. The predicted octanol–water partition coefficient (Wildman–Crippen LogP) is 12.2. The van der Waals surface area contributed by atoms with Crippen molar-refractivity contribution in [3.63, 3.8) is 0 Å². The molecule has 322 valence electrons. The maximum atomic E-state index is 13.6. The molecule has 0 aliphatic carbocycles. The van der Waals surface area contributed by atoms with E-state index in [4.69, 9.17) is 27.8 Å². The molecule has 1 heterocycles. The van der Waals surface area contributed by atoms with Crippen molar-refractivity contribution in [2.24, 2.45) is 11.8 Å². The Bertz CT molecular complexity index is 1610. The number of carbonyl (C=O) groups excluding carboxylic acids is 1. The van der Waals surface area contributed by atoms with Crippen molar-refractivity contribution >= 4 is 45.2 Å². The summed E-state index contributed by atoms with van der Waals surface area (Å²) in [7, 11) is -4.49. The van der Waals surface area contributed by atoms with E-state index in [1.54, 1.807) is 13.2 Å². The highest BCUT2D eigenvalue weighted by molar-refractivity contribution is 14.1. The van der Waals surface area contributed by atoms with Gasteiger partial charge in [-0.1, -0.05) is 106 Å². The molecule has 2 aromatic rings. The van der Waals surface area contributed by atoms with Crippen LogP contribution in [0.2, 0.25) is 36.3 Å². The molecule has 0 amide bonds. The minimum absolute atomic E-state index is 0.0456. The first-order chi connectivity index (χ1) is 26.4. The summed E-state index contributed by atoms with van der Waals surface area (Å²) in [5, 5.41) is 11.9. The Morgan fingerprint density at radius 2 is 1.61 bits per heavy atom. The molecule has 0 bridgehead atoms. The van der Waals surface area contributed by atoms with E-state index in [1.807, 2.05) is 31.2 Å². The van der Waals surface area contributed by atoms with Crippen LogP contribution in [0, 0.1) is 15.4 Å². The Morgan fingerprint density at radius 1 is 0.982 bits per heavy atom. The second-order valence-corrected chi connectivity index (χ2v) is 29.8. The van der Waals surface area contributed by atoms with Gasteiger partial charge in [0.1, 0.15) is 24.2 Å². The standard InChI is InChI=1S/C46H75IO8Si2/c1-16-22-34(37(48)29-40(55-57(14,15)45(9,10)11)46(39(17-2)54-46)43(49)50-18-3)25-26-51-38-28-35(27-32(4)5)42(52-30-33-23-20-19-21-24-33)36(41(38)47)31-53-56(12,13)44(6,7)8/h19-21,23-26,28,32,34,37,39-40,48H,16-18,22,27,29-31H2,1-15H3/b26-25+/t34?,37?,39-,40-,46+/m1/s1. The lowest BCUT2D eigenvalue weighted by molar-refractivity contribution is -0.154. The van der Waals surface area contributed by atoms with Gasteiger partial charge in [-0.3, -0.25) is 0 Å². The van der Waals surface area contributed by atoms with Gasteiger partial charge in [-0.2, -0.15) is 0 Å². The lowest BCUT2D eigenvalue weighted by atomic mass is 9.87. The second-order valence-electron chi connectivity index (χ2n) is 19.2. The van der Waals surface area contributed by atoms with E-state index < -0.39 is 40.4 Å². The van der Waals surface area contributed by atoms with Crippen LogP contribution in [0.5, 0.6) is 11.5 Å². The third kappa shape index (κ3) is 12.9. The highest BCUT2D eigenvalue weighted by atomic mass is 127. The van der Waals surface area contributed by atoms with Crippen molar-refractivity contribution in [3.8, 4) is 11.5 Å². The molecule has 0 aromatic heterocycles. The van der Waals surface area contributed by atoms with Crippen molar-refractivity contribution in [2.45, 2.75) is 182 Å². The topological polar surface area (TPSA) is 96.0 Å².